The van der Waals surface area contributed by atoms with Crippen molar-refractivity contribution in [2.24, 2.45) is 0 Å². The van der Waals surface area contributed by atoms with Gasteiger partial charge in [0.2, 0.25) is 0 Å². The van der Waals surface area contributed by atoms with Crippen molar-refractivity contribution in [2.45, 2.75) is 30.9 Å². The second-order valence-electron chi connectivity index (χ2n) is 3.23. The van der Waals surface area contributed by atoms with Gasteiger partial charge >= 0.3 is 0 Å². The summed E-state index contributed by atoms with van der Waals surface area (Å²) in [5.41, 5.74) is 0.822. The van der Waals surface area contributed by atoms with Gasteiger partial charge in [-0.05, 0) is 32.9 Å². The van der Waals surface area contributed by atoms with Gasteiger partial charge in [0.05, 0.1) is 10.1 Å². The number of aryl methyl sites for hydroxylation is 1. The molecule has 0 aliphatic carbocycles. The molecule has 0 amide bonds. The smallest absolute Gasteiger partial charge is 0.182 e. The fourth-order valence-corrected chi connectivity index (χ4v) is 1.90. The third kappa shape index (κ3) is 2.06. The molecular formula is C9H13NO2S. The minimum absolute atomic E-state index is 0.299. The lowest BCUT2D eigenvalue weighted by Gasteiger charge is -2.06. The molecule has 1 aromatic heterocycles. The third-order valence-corrected chi connectivity index (χ3v) is 3.97. The first-order chi connectivity index (χ1) is 5.94. The molecule has 72 valence electrons. The van der Waals surface area contributed by atoms with E-state index in [1.807, 2.05) is 6.92 Å². The van der Waals surface area contributed by atoms with Crippen molar-refractivity contribution in [2.75, 3.05) is 0 Å². The van der Waals surface area contributed by atoms with Gasteiger partial charge in [0.1, 0.15) is 0 Å². The van der Waals surface area contributed by atoms with Gasteiger partial charge in [0, 0.05) is 11.9 Å². The standard InChI is InChI=1S/C9H13NO2S/c1-7(2)13(11,12)9-5-4-8(3)10-6-9/h4-7H,1-3H3. The van der Waals surface area contributed by atoms with E-state index in [2.05, 4.69) is 4.98 Å². The monoisotopic (exact) mass is 199 g/mol. The number of aromatic nitrogens is 1. The summed E-state index contributed by atoms with van der Waals surface area (Å²) in [6.07, 6.45) is 1.41. The average Bonchev–Trinajstić information content (AvgIpc) is 2.04. The van der Waals surface area contributed by atoms with Gasteiger partial charge in [0.25, 0.3) is 0 Å². The van der Waals surface area contributed by atoms with Crippen molar-refractivity contribution in [3.05, 3.63) is 24.0 Å². The number of hydrogen-bond acceptors (Lipinski definition) is 3. The number of hydrogen-bond donors (Lipinski definition) is 0. The molecule has 0 unspecified atom stereocenters. The van der Waals surface area contributed by atoms with Crippen LogP contribution in [0, 0.1) is 6.92 Å². The van der Waals surface area contributed by atoms with Crippen molar-refractivity contribution in [1.29, 1.82) is 0 Å². The summed E-state index contributed by atoms with van der Waals surface area (Å²) in [5.74, 6) is 0. The van der Waals surface area contributed by atoms with Crippen molar-refractivity contribution >= 4 is 9.84 Å². The zero-order valence-corrected chi connectivity index (χ0v) is 8.80. The van der Waals surface area contributed by atoms with Crippen LogP contribution in [-0.2, 0) is 9.84 Å². The molecule has 0 spiro atoms. The lowest BCUT2D eigenvalue weighted by Crippen LogP contribution is -2.14. The van der Waals surface area contributed by atoms with Gasteiger partial charge in [-0.15, -0.1) is 0 Å². The Bertz CT molecular complexity index is 379. The van der Waals surface area contributed by atoms with E-state index >= 15 is 0 Å². The highest BCUT2D eigenvalue weighted by molar-refractivity contribution is 7.92. The van der Waals surface area contributed by atoms with E-state index in [4.69, 9.17) is 0 Å². The van der Waals surface area contributed by atoms with Crippen LogP contribution < -0.4 is 0 Å². The lowest BCUT2D eigenvalue weighted by molar-refractivity contribution is 0.587. The fraction of sp³-hybridized carbons (Fsp3) is 0.444. The maximum absolute atomic E-state index is 11.6. The van der Waals surface area contributed by atoms with Crippen molar-refractivity contribution in [3.63, 3.8) is 0 Å². The van der Waals surface area contributed by atoms with Crippen molar-refractivity contribution < 1.29 is 8.42 Å². The molecular weight excluding hydrogens is 186 g/mol. The van der Waals surface area contributed by atoms with E-state index in [-0.39, 0.29) is 0 Å². The molecule has 0 bridgehead atoms. The number of pyridine rings is 1. The highest BCUT2D eigenvalue weighted by Crippen LogP contribution is 2.14. The quantitative estimate of drug-likeness (QED) is 0.726. The zero-order chi connectivity index (χ0) is 10.1. The molecule has 13 heavy (non-hydrogen) atoms. The minimum Gasteiger partial charge on any atom is -0.260 e. The Morgan fingerprint density at radius 3 is 2.31 bits per heavy atom. The maximum Gasteiger partial charge on any atom is 0.182 e. The number of nitrogens with zero attached hydrogens (tertiary/aromatic N) is 1. The molecule has 1 heterocycles. The summed E-state index contributed by atoms with van der Waals surface area (Å²) in [6.45, 7) is 5.15. The highest BCUT2D eigenvalue weighted by atomic mass is 32.2. The zero-order valence-electron chi connectivity index (χ0n) is 7.98. The van der Waals surface area contributed by atoms with Gasteiger partial charge < -0.3 is 0 Å². The van der Waals surface area contributed by atoms with Crippen LogP contribution in [0.3, 0.4) is 0 Å². The Kier molecular flexibility index (Phi) is 2.71. The second kappa shape index (κ2) is 3.46. The van der Waals surface area contributed by atoms with Crippen LogP contribution in [0.25, 0.3) is 0 Å². The number of rotatable bonds is 2. The molecule has 0 radical (unpaired) electrons. The van der Waals surface area contributed by atoms with Crippen LogP contribution in [0.15, 0.2) is 23.2 Å². The molecule has 0 saturated heterocycles. The highest BCUT2D eigenvalue weighted by Gasteiger charge is 2.18. The predicted molar refractivity (Wildman–Crippen MR) is 51.3 cm³/mol. The van der Waals surface area contributed by atoms with Gasteiger partial charge in [-0.25, -0.2) is 8.42 Å². The molecule has 0 aromatic carbocycles. The van der Waals surface area contributed by atoms with Gasteiger partial charge in [-0.3, -0.25) is 4.98 Å². The van der Waals surface area contributed by atoms with Crippen LogP contribution in [0.4, 0.5) is 0 Å². The summed E-state index contributed by atoms with van der Waals surface area (Å²) in [4.78, 5) is 4.25. The Morgan fingerprint density at radius 2 is 1.92 bits per heavy atom. The first kappa shape index (κ1) is 10.2. The van der Waals surface area contributed by atoms with E-state index in [1.54, 1.807) is 26.0 Å². The minimum atomic E-state index is -3.16. The summed E-state index contributed by atoms with van der Waals surface area (Å²) in [7, 11) is -3.16. The van der Waals surface area contributed by atoms with Crippen LogP contribution in [-0.4, -0.2) is 18.7 Å². The Balaban J connectivity index is 3.17. The van der Waals surface area contributed by atoms with E-state index in [1.165, 1.54) is 6.20 Å². The van der Waals surface area contributed by atoms with Crippen LogP contribution in [0.5, 0.6) is 0 Å². The summed E-state index contributed by atoms with van der Waals surface area (Å²) in [5, 5.41) is -0.392. The molecule has 1 aromatic rings. The SMILES string of the molecule is Cc1ccc(S(=O)(=O)C(C)C)cn1. The first-order valence-electron chi connectivity index (χ1n) is 4.11. The molecule has 1 rings (SSSR count). The van der Waals surface area contributed by atoms with E-state index in [0.29, 0.717) is 4.90 Å². The van der Waals surface area contributed by atoms with E-state index in [0.717, 1.165) is 5.69 Å². The molecule has 0 fully saturated rings. The topological polar surface area (TPSA) is 47.0 Å². The molecule has 3 nitrogen and oxygen atoms in total. The second-order valence-corrected chi connectivity index (χ2v) is 5.73. The molecule has 0 atom stereocenters. The normalized spacial score (nSPS) is 12.0. The third-order valence-electron chi connectivity index (χ3n) is 1.83. The summed E-state index contributed by atoms with van der Waals surface area (Å²) >= 11 is 0. The maximum atomic E-state index is 11.6. The molecule has 0 N–H and O–H groups in total. The van der Waals surface area contributed by atoms with Gasteiger partial charge in [-0.1, -0.05) is 0 Å². The van der Waals surface area contributed by atoms with E-state index < -0.39 is 15.1 Å². The predicted octanol–water partition coefficient (Wildman–Crippen LogP) is 1.57. The molecule has 0 aliphatic heterocycles. The largest absolute Gasteiger partial charge is 0.260 e. The van der Waals surface area contributed by atoms with E-state index in [9.17, 15) is 8.42 Å². The van der Waals surface area contributed by atoms with Crippen molar-refractivity contribution in [3.8, 4) is 0 Å². The molecule has 4 heteroatoms. The summed E-state index contributed by atoms with van der Waals surface area (Å²) < 4.78 is 23.2. The lowest BCUT2D eigenvalue weighted by atomic mass is 10.4. The molecule has 0 aliphatic rings. The average molecular weight is 199 g/mol. The van der Waals surface area contributed by atoms with Crippen LogP contribution >= 0.6 is 0 Å². The Hall–Kier alpha value is -0.900. The van der Waals surface area contributed by atoms with Gasteiger partial charge in [0.15, 0.2) is 9.84 Å². The first-order valence-corrected chi connectivity index (χ1v) is 5.66. The van der Waals surface area contributed by atoms with Crippen molar-refractivity contribution in [1.82, 2.24) is 4.98 Å². The Morgan fingerprint density at radius 1 is 1.31 bits per heavy atom. The summed E-state index contributed by atoms with van der Waals surface area (Å²) in [6, 6.07) is 3.30. The Labute approximate surface area is 78.7 Å². The van der Waals surface area contributed by atoms with Crippen LogP contribution in [0.1, 0.15) is 19.5 Å². The molecule has 0 saturated carbocycles. The fourth-order valence-electron chi connectivity index (χ4n) is 0.895. The number of sulfone groups is 1. The van der Waals surface area contributed by atoms with Crippen LogP contribution in [0.2, 0.25) is 0 Å². The van der Waals surface area contributed by atoms with Gasteiger partial charge in [-0.2, -0.15) is 0 Å².